The number of amides is 1. The number of carbonyl (C=O) groups excluding carboxylic acids is 1. The molecule has 2 heterocycles. The Bertz CT molecular complexity index is 1130. The first-order chi connectivity index (χ1) is 14.1. The van der Waals surface area contributed by atoms with Gasteiger partial charge in [-0.2, -0.15) is 8.78 Å². The minimum absolute atomic E-state index is 0.0137. The van der Waals surface area contributed by atoms with Gasteiger partial charge in [-0.3, -0.25) is 10.1 Å². The molecule has 11 heteroatoms. The van der Waals surface area contributed by atoms with E-state index in [0.717, 1.165) is 0 Å². The molecule has 0 aliphatic heterocycles. The summed E-state index contributed by atoms with van der Waals surface area (Å²) in [5, 5.41) is 15.6. The van der Waals surface area contributed by atoms with E-state index in [4.69, 9.17) is 0 Å². The van der Waals surface area contributed by atoms with Crippen LogP contribution in [0.15, 0.2) is 60.2 Å². The largest absolute Gasteiger partial charge is 0.434 e. The van der Waals surface area contributed by atoms with Crippen LogP contribution >= 0.6 is 11.3 Å². The Labute approximate surface area is 166 Å². The highest BCUT2D eigenvalue weighted by atomic mass is 32.1. The first kappa shape index (κ1) is 18.6. The van der Waals surface area contributed by atoms with Crippen LogP contribution in [0.4, 0.5) is 13.9 Å². The molecule has 0 aliphatic carbocycles. The molecule has 1 amide bonds. The van der Waals surface area contributed by atoms with E-state index in [-0.39, 0.29) is 11.7 Å². The van der Waals surface area contributed by atoms with E-state index in [1.165, 1.54) is 28.4 Å². The zero-order valence-corrected chi connectivity index (χ0v) is 15.4. The highest BCUT2D eigenvalue weighted by Crippen LogP contribution is 2.33. The summed E-state index contributed by atoms with van der Waals surface area (Å²) in [4.78, 5) is 16.9. The Balaban J connectivity index is 1.53. The second-order valence-electron chi connectivity index (χ2n) is 5.67. The summed E-state index contributed by atoms with van der Waals surface area (Å²) >= 11 is 1.17. The van der Waals surface area contributed by atoms with Crippen LogP contribution in [0.3, 0.4) is 0 Å². The molecule has 4 aromatic rings. The molecule has 0 saturated heterocycles. The highest BCUT2D eigenvalue weighted by molar-refractivity contribution is 7.14. The van der Waals surface area contributed by atoms with Crippen LogP contribution in [0.2, 0.25) is 0 Å². The molecule has 2 aromatic carbocycles. The standard InChI is InChI=1S/C18H12F2N6O2S/c19-17(20)28-15-7-2-1-6-13(15)14-9-29-18(22-14)23-16(27)11-4-3-5-12(8-11)26-10-21-24-25-26/h1-10,17H,(H,22,23,27). The van der Waals surface area contributed by atoms with Crippen molar-refractivity contribution in [3.63, 3.8) is 0 Å². The van der Waals surface area contributed by atoms with Gasteiger partial charge in [-0.15, -0.1) is 16.4 Å². The van der Waals surface area contributed by atoms with E-state index in [1.807, 2.05) is 0 Å². The van der Waals surface area contributed by atoms with Crippen LogP contribution in [0.1, 0.15) is 10.4 Å². The number of benzene rings is 2. The maximum Gasteiger partial charge on any atom is 0.387 e. The van der Waals surface area contributed by atoms with Crippen molar-refractivity contribution in [1.82, 2.24) is 25.2 Å². The first-order valence-corrected chi connectivity index (χ1v) is 9.12. The molecule has 0 radical (unpaired) electrons. The fraction of sp³-hybridized carbons (Fsp3) is 0.0556. The molecule has 4 rings (SSSR count). The van der Waals surface area contributed by atoms with Crippen molar-refractivity contribution in [3.8, 4) is 22.7 Å². The number of halogens is 2. The predicted molar refractivity (Wildman–Crippen MR) is 101 cm³/mol. The molecule has 1 N–H and O–H groups in total. The lowest BCUT2D eigenvalue weighted by molar-refractivity contribution is -0.0494. The van der Waals surface area contributed by atoms with Gasteiger partial charge in [0.15, 0.2) is 5.13 Å². The van der Waals surface area contributed by atoms with Crippen molar-refractivity contribution in [1.29, 1.82) is 0 Å². The summed E-state index contributed by atoms with van der Waals surface area (Å²) in [5.41, 5.74) is 1.84. The molecule has 8 nitrogen and oxygen atoms in total. The SMILES string of the molecule is O=C(Nc1nc(-c2ccccc2OC(F)F)cs1)c1cccc(-n2cnnn2)c1. The third-order valence-electron chi connectivity index (χ3n) is 3.83. The van der Waals surface area contributed by atoms with Gasteiger partial charge >= 0.3 is 6.61 Å². The molecule has 0 atom stereocenters. The summed E-state index contributed by atoms with van der Waals surface area (Å²) in [5.74, 6) is -0.363. The normalized spacial score (nSPS) is 10.9. The molecule has 0 aliphatic rings. The smallest absolute Gasteiger partial charge is 0.387 e. The fourth-order valence-corrected chi connectivity index (χ4v) is 3.28. The monoisotopic (exact) mass is 414 g/mol. The van der Waals surface area contributed by atoms with Crippen LogP contribution in [0.25, 0.3) is 16.9 Å². The number of carbonyl (C=O) groups is 1. The van der Waals surface area contributed by atoms with Gasteiger partial charge in [-0.1, -0.05) is 18.2 Å². The number of hydrogen-bond donors (Lipinski definition) is 1. The number of rotatable bonds is 6. The van der Waals surface area contributed by atoms with Gasteiger partial charge in [0.25, 0.3) is 5.91 Å². The van der Waals surface area contributed by atoms with Crippen LogP contribution in [0, 0.1) is 0 Å². The lowest BCUT2D eigenvalue weighted by Gasteiger charge is -2.08. The molecule has 0 saturated carbocycles. The van der Waals surface area contributed by atoms with Gasteiger partial charge < -0.3 is 4.74 Å². The second kappa shape index (κ2) is 8.10. The average Bonchev–Trinajstić information content (AvgIpc) is 3.40. The third kappa shape index (κ3) is 4.24. The second-order valence-corrected chi connectivity index (χ2v) is 6.53. The van der Waals surface area contributed by atoms with E-state index in [1.54, 1.807) is 47.8 Å². The summed E-state index contributed by atoms with van der Waals surface area (Å²) in [7, 11) is 0. The maximum atomic E-state index is 12.6. The van der Waals surface area contributed by atoms with E-state index >= 15 is 0 Å². The van der Waals surface area contributed by atoms with Crippen molar-refractivity contribution < 1.29 is 18.3 Å². The quantitative estimate of drug-likeness (QED) is 0.518. The van der Waals surface area contributed by atoms with E-state index < -0.39 is 6.61 Å². The molecule has 0 spiro atoms. The number of nitrogens with one attached hydrogen (secondary N) is 1. The Kier molecular flexibility index (Phi) is 5.20. The molecule has 0 unspecified atom stereocenters. The van der Waals surface area contributed by atoms with Gasteiger partial charge in [0.2, 0.25) is 0 Å². The topological polar surface area (TPSA) is 94.8 Å². The minimum Gasteiger partial charge on any atom is -0.434 e. The minimum atomic E-state index is -2.94. The van der Waals surface area contributed by atoms with Gasteiger partial charge in [0.05, 0.1) is 11.4 Å². The third-order valence-corrected chi connectivity index (χ3v) is 4.58. The lowest BCUT2D eigenvalue weighted by atomic mass is 10.1. The summed E-state index contributed by atoms with van der Waals surface area (Å²) in [6.07, 6.45) is 1.42. The van der Waals surface area contributed by atoms with Crippen molar-refractivity contribution >= 4 is 22.4 Å². The van der Waals surface area contributed by atoms with Gasteiger partial charge in [-0.05, 0) is 40.8 Å². The Morgan fingerprint density at radius 1 is 1.17 bits per heavy atom. The summed E-state index contributed by atoms with van der Waals surface area (Å²) in [6, 6.07) is 13.1. The molecule has 29 heavy (non-hydrogen) atoms. The number of thiazole rings is 1. The average molecular weight is 414 g/mol. The number of nitrogens with zero attached hydrogens (tertiary/aromatic N) is 5. The van der Waals surface area contributed by atoms with E-state index in [9.17, 15) is 13.6 Å². The number of alkyl halides is 2. The number of hydrogen-bond acceptors (Lipinski definition) is 7. The molecule has 0 fully saturated rings. The summed E-state index contributed by atoms with van der Waals surface area (Å²) in [6.45, 7) is -2.94. The lowest BCUT2D eigenvalue weighted by Crippen LogP contribution is -2.12. The maximum absolute atomic E-state index is 12.6. The molecule has 146 valence electrons. The van der Waals surface area contributed by atoms with Crippen LogP contribution < -0.4 is 10.1 Å². The summed E-state index contributed by atoms with van der Waals surface area (Å²) < 4.78 is 31.2. The number of aromatic nitrogens is 5. The number of ether oxygens (including phenoxy) is 1. The molecular formula is C18H12F2N6O2S. The van der Waals surface area contributed by atoms with E-state index in [0.29, 0.717) is 27.6 Å². The highest BCUT2D eigenvalue weighted by Gasteiger charge is 2.15. The fourth-order valence-electron chi connectivity index (χ4n) is 2.57. The van der Waals surface area contributed by atoms with Crippen molar-refractivity contribution in [2.45, 2.75) is 6.61 Å². The number of tetrazole rings is 1. The van der Waals surface area contributed by atoms with E-state index in [2.05, 4.69) is 30.6 Å². The van der Waals surface area contributed by atoms with Crippen molar-refractivity contribution in [2.24, 2.45) is 0 Å². The molecular weight excluding hydrogens is 402 g/mol. The molecule has 0 bridgehead atoms. The van der Waals surface area contributed by atoms with Crippen molar-refractivity contribution in [3.05, 3.63) is 65.8 Å². The van der Waals surface area contributed by atoms with Crippen LogP contribution in [-0.4, -0.2) is 37.7 Å². The van der Waals surface area contributed by atoms with Crippen LogP contribution in [0.5, 0.6) is 5.75 Å². The zero-order valence-electron chi connectivity index (χ0n) is 14.6. The van der Waals surface area contributed by atoms with Crippen molar-refractivity contribution in [2.75, 3.05) is 5.32 Å². The van der Waals surface area contributed by atoms with Gasteiger partial charge in [-0.25, -0.2) is 9.67 Å². The molecule has 2 aromatic heterocycles. The Morgan fingerprint density at radius 3 is 2.83 bits per heavy atom. The van der Waals surface area contributed by atoms with Gasteiger partial charge in [0, 0.05) is 16.5 Å². The predicted octanol–water partition coefficient (Wildman–Crippen LogP) is 3.64. The zero-order chi connectivity index (χ0) is 20.2. The number of anilines is 1. The van der Waals surface area contributed by atoms with Gasteiger partial charge in [0.1, 0.15) is 12.1 Å². The van der Waals surface area contributed by atoms with Crippen LogP contribution in [-0.2, 0) is 0 Å². The first-order valence-electron chi connectivity index (χ1n) is 8.24. The number of para-hydroxylation sites is 1. The Morgan fingerprint density at radius 2 is 2.03 bits per heavy atom. The Hall–Kier alpha value is -3.73.